The van der Waals surface area contributed by atoms with Crippen molar-refractivity contribution in [2.75, 3.05) is 0 Å². The highest BCUT2D eigenvalue weighted by molar-refractivity contribution is 7.10. The Morgan fingerprint density at radius 3 is 2.24 bits per heavy atom. The molecule has 0 aromatic heterocycles. The standard InChI is InChI=1S/C30H49O3P/c1-18(2)19-10-15-30(25(32)33-34)17-16-28(6)20(24(19)30)8-9-22-27(5)13-12-23(31)26(3,4)21(27)11-14-29(22,28)7/h18-22,24H,8-17,34H2,1-7H3/t19-,20+,21-,22+,24+,27-,28+,29+,30-/m0/s1. The highest BCUT2D eigenvalue weighted by atomic mass is 31.0. The molecule has 192 valence electrons. The van der Waals surface area contributed by atoms with Crippen molar-refractivity contribution in [3.8, 4) is 0 Å². The molecule has 0 radical (unpaired) electrons. The lowest BCUT2D eigenvalue weighted by Crippen LogP contribution is -2.66. The highest BCUT2D eigenvalue weighted by Crippen LogP contribution is 2.77. The third kappa shape index (κ3) is 2.92. The Morgan fingerprint density at radius 1 is 0.882 bits per heavy atom. The fourth-order valence-corrected chi connectivity index (χ4v) is 11.9. The third-order valence-electron chi connectivity index (χ3n) is 13.6. The number of hydrogen-bond acceptors (Lipinski definition) is 3. The summed E-state index contributed by atoms with van der Waals surface area (Å²) < 4.78 is 5.43. The van der Waals surface area contributed by atoms with Crippen molar-refractivity contribution in [2.45, 2.75) is 113 Å². The zero-order valence-electron chi connectivity index (χ0n) is 22.8. The molecule has 4 heteroatoms. The van der Waals surface area contributed by atoms with Gasteiger partial charge in [-0.15, -0.1) is 0 Å². The molecule has 3 nitrogen and oxygen atoms in total. The lowest BCUT2D eigenvalue weighted by Gasteiger charge is -2.72. The normalized spacial score (nSPS) is 51.8. The Hall–Kier alpha value is -0.430. The first-order chi connectivity index (χ1) is 15.8. The summed E-state index contributed by atoms with van der Waals surface area (Å²) in [6.45, 7) is 17.0. The second-order valence-corrected chi connectivity index (χ2v) is 15.1. The zero-order valence-corrected chi connectivity index (χ0v) is 24.0. The van der Waals surface area contributed by atoms with Crippen molar-refractivity contribution in [2.24, 2.45) is 62.6 Å². The molecule has 0 bridgehead atoms. The first-order valence-electron chi connectivity index (χ1n) is 14.2. The van der Waals surface area contributed by atoms with Crippen LogP contribution < -0.4 is 0 Å². The van der Waals surface area contributed by atoms with Crippen molar-refractivity contribution in [3.05, 3.63) is 0 Å². The van der Waals surface area contributed by atoms with E-state index in [0.717, 1.165) is 32.1 Å². The lowest BCUT2D eigenvalue weighted by atomic mass is 9.32. The van der Waals surface area contributed by atoms with E-state index in [1.54, 1.807) is 0 Å². The van der Waals surface area contributed by atoms with Crippen LogP contribution in [-0.4, -0.2) is 11.8 Å². The average Bonchev–Trinajstić information content (AvgIpc) is 3.18. The predicted molar refractivity (Wildman–Crippen MR) is 140 cm³/mol. The summed E-state index contributed by atoms with van der Waals surface area (Å²) in [7, 11) is 2.27. The minimum absolute atomic E-state index is 0.0446. The summed E-state index contributed by atoms with van der Waals surface area (Å²) in [6.07, 6.45) is 11.1. The van der Waals surface area contributed by atoms with E-state index in [-0.39, 0.29) is 33.0 Å². The van der Waals surface area contributed by atoms with E-state index >= 15 is 0 Å². The number of ketones is 1. The molecule has 34 heavy (non-hydrogen) atoms. The summed E-state index contributed by atoms with van der Waals surface area (Å²) in [5.41, 5.74) is 0.315. The predicted octanol–water partition coefficient (Wildman–Crippen LogP) is 7.63. The summed E-state index contributed by atoms with van der Waals surface area (Å²) in [5, 5.41) is 0. The van der Waals surface area contributed by atoms with Crippen LogP contribution in [0.1, 0.15) is 113 Å². The van der Waals surface area contributed by atoms with Crippen LogP contribution in [0.25, 0.3) is 0 Å². The van der Waals surface area contributed by atoms with Crippen LogP contribution in [0, 0.1) is 62.6 Å². The SMILES string of the molecule is CC(C)[C@@H]1CC[C@]2(C(=O)OP)CC[C@]3(C)[C@H](CC[C@@H]4[C@@]5(C)CCC(=O)C(C)(C)[C@@H]5CC[C@]43C)[C@@H]12. The van der Waals surface area contributed by atoms with Crippen LogP contribution in [0.2, 0.25) is 0 Å². The van der Waals surface area contributed by atoms with Crippen LogP contribution in [0.5, 0.6) is 0 Å². The van der Waals surface area contributed by atoms with Gasteiger partial charge in [0.15, 0.2) is 0 Å². The summed E-state index contributed by atoms with van der Waals surface area (Å²) in [4.78, 5) is 26.3. The molecular weight excluding hydrogens is 439 g/mol. The molecule has 0 amide bonds. The molecule has 5 aliphatic carbocycles. The highest BCUT2D eigenvalue weighted by Gasteiger charge is 2.72. The van der Waals surface area contributed by atoms with Crippen LogP contribution >= 0.6 is 9.47 Å². The number of fused-ring (bicyclic) bond motifs is 7. The maximum Gasteiger partial charge on any atom is 0.314 e. The Balaban J connectivity index is 1.56. The van der Waals surface area contributed by atoms with Gasteiger partial charge in [-0.05, 0) is 110 Å². The first kappa shape index (κ1) is 25.2. The topological polar surface area (TPSA) is 43.4 Å². The maximum atomic E-state index is 13.3. The number of carbonyl (C=O) groups excluding carboxylic acids is 2. The molecule has 0 N–H and O–H groups in total. The fourth-order valence-electron chi connectivity index (χ4n) is 11.7. The van der Waals surface area contributed by atoms with Gasteiger partial charge in [-0.25, -0.2) is 0 Å². The van der Waals surface area contributed by atoms with Gasteiger partial charge in [0.05, 0.1) is 14.9 Å². The fraction of sp³-hybridized carbons (Fsp3) is 0.933. The Bertz CT molecular complexity index is 880. The van der Waals surface area contributed by atoms with Gasteiger partial charge in [0, 0.05) is 11.8 Å². The van der Waals surface area contributed by atoms with E-state index in [1.165, 1.54) is 32.1 Å². The van der Waals surface area contributed by atoms with Gasteiger partial charge < -0.3 is 4.52 Å². The second kappa shape index (κ2) is 7.79. The van der Waals surface area contributed by atoms with Crippen molar-refractivity contribution < 1.29 is 14.1 Å². The molecule has 0 aromatic carbocycles. The molecular formula is C30H49O3P. The second-order valence-electron chi connectivity index (χ2n) is 14.8. The number of carbonyl (C=O) groups is 2. The minimum Gasteiger partial charge on any atom is -0.451 e. The van der Waals surface area contributed by atoms with Crippen molar-refractivity contribution in [1.29, 1.82) is 0 Å². The van der Waals surface area contributed by atoms with E-state index in [4.69, 9.17) is 4.52 Å². The van der Waals surface area contributed by atoms with Gasteiger partial charge in [-0.1, -0.05) is 48.5 Å². The Kier molecular flexibility index (Phi) is 5.78. The van der Waals surface area contributed by atoms with Crippen molar-refractivity contribution in [1.82, 2.24) is 0 Å². The van der Waals surface area contributed by atoms with Gasteiger partial charge in [-0.2, -0.15) is 0 Å². The molecule has 10 atom stereocenters. The van der Waals surface area contributed by atoms with Crippen molar-refractivity contribution in [3.63, 3.8) is 0 Å². The van der Waals surface area contributed by atoms with E-state index in [1.807, 2.05) is 0 Å². The number of Topliss-reactive ketones (excluding diaryl/α,β-unsaturated/α-hetero) is 1. The Morgan fingerprint density at radius 2 is 1.59 bits per heavy atom. The molecule has 5 aliphatic rings. The molecule has 5 rings (SSSR count). The summed E-state index contributed by atoms with van der Waals surface area (Å²) >= 11 is 0. The van der Waals surface area contributed by atoms with Crippen LogP contribution in [0.15, 0.2) is 0 Å². The Labute approximate surface area is 210 Å². The minimum atomic E-state index is -0.273. The van der Waals surface area contributed by atoms with E-state index in [2.05, 4.69) is 57.9 Å². The molecule has 0 aromatic rings. The summed E-state index contributed by atoms with van der Waals surface area (Å²) in [6, 6.07) is 0. The average molecular weight is 489 g/mol. The van der Waals surface area contributed by atoms with E-state index < -0.39 is 0 Å². The van der Waals surface area contributed by atoms with Crippen LogP contribution in [0.3, 0.4) is 0 Å². The van der Waals surface area contributed by atoms with Crippen LogP contribution in [0.4, 0.5) is 0 Å². The van der Waals surface area contributed by atoms with Gasteiger partial charge in [-0.3, -0.25) is 9.59 Å². The van der Waals surface area contributed by atoms with Gasteiger partial charge in [0.2, 0.25) is 0 Å². The quantitative estimate of drug-likeness (QED) is 0.375. The van der Waals surface area contributed by atoms with Gasteiger partial charge >= 0.3 is 5.97 Å². The number of rotatable bonds is 2. The summed E-state index contributed by atoms with van der Waals surface area (Å²) in [5.74, 6) is 3.98. The molecule has 0 aliphatic heterocycles. The third-order valence-corrected chi connectivity index (χ3v) is 13.8. The maximum absolute atomic E-state index is 13.3. The zero-order chi connectivity index (χ0) is 24.9. The smallest absolute Gasteiger partial charge is 0.314 e. The van der Waals surface area contributed by atoms with Gasteiger partial charge in [0.1, 0.15) is 5.78 Å². The monoisotopic (exact) mass is 488 g/mol. The molecule has 0 spiro atoms. The van der Waals surface area contributed by atoms with Crippen molar-refractivity contribution >= 4 is 21.2 Å². The van der Waals surface area contributed by atoms with Crippen LogP contribution in [-0.2, 0) is 14.1 Å². The van der Waals surface area contributed by atoms with Gasteiger partial charge in [0.25, 0.3) is 0 Å². The molecule has 5 saturated carbocycles. The number of hydrogen-bond donors (Lipinski definition) is 0. The van der Waals surface area contributed by atoms with E-state index in [9.17, 15) is 9.59 Å². The van der Waals surface area contributed by atoms with E-state index in [0.29, 0.717) is 41.3 Å². The largest absolute Gasteiger partial charge is 0.451 e. The molecule has 0 saturated heterocycles. The molecule has 5 fully saturated rings. The lowest BCUT2D eigenvalue weighted by molar-refractivity contribution is -0.236. The molecule has 0 heterocycles. The molecule has 1 unspecified atom stereocenters. The first-order valence-corrected chi connectivity index (χ1v) is 14.7.